The van der Waals surface area contributed by atoms with Gasteiger partial charge < -0.3 is 10.4 Å². The molecular formula is C16H19N3O4S. The van der Waals surface area contributed by atoms with Crippen molar-refractivity contribution in [2.75, 3.05) is 11.5 Å². The van der Waals surface area contributed by atoms with Crippen LogP contribution in [-0.2, 0) is 9.84 Å². The first-order valence-corrected chi connectivity index (χ1v) is 9.44. The molecule has 2 heterocycles. The summed E-state index contributed by atoms with van der Waals surface area (Å²) >= 11 is 0. The third-order valence-electron chi connectivity index (χ3n) is 4.28. The number of aromatic hydroxyl groups is 1. The van der Waals surface area contributed by atoms with Gasteiger partial charge in [-0.3, -0.25) is 9.89 Å². The number of carbonyl (C=O) groups is 1. The van der Waals surface area contributed by atoms with Crippen LogP contribution in [0.4, 0.5) is 0 Å². The van der Waals surface area contributed by atoms with Crippen LogP contribution in [0.5, 0.6) is 5.75 Å². The van der Waals surface area contributed by atoms with Gasteiger partial charge in [0.05, 0.1) is 17.2 Å². The number of aromatic amines is 1. The average molecular weight is 349 g/mol. The molecule has 3 rings (SSSR count). The number of phenols is 1. The first-order valence-electron chi connectivity index (χ1n) is 7.62. The van der Waals surface area contributed by atoms with E-state index in [9.17, 15) is 18.3 Å². The van der Waals surface area contributed by atoms with E-state index in [-0.39, 0.29) is 29.0 Å². The second-order valence-corrected chi connectivity index (χ2v) is 8.42. The molecule has 1 aliphatic heterocycles. The number of hydrogen-bond acceptors (Lipinski definition) is 5. The molecule has 1 saturated heterocycles. The Labute approximate surface area is 140 Å². The highest BCUT2D eigenvalue weighted by atomic mass is 32.2. The molecule has 3 N–H and O–H groups in total. The molecule has 0 bridgehead atoms. The summed E-state index contributed by atoms with van der Waals surface area (Å²) in [7, 11) is -3.05. The molecule has 24 heavy (non-hydrogen) atoms. The molecule has 0 saturated carbocycles. The third kappa shape index (κ3) is 3.28. The van der Waals surface area contributed by atoms with Gasteiger partial charge in [-0.05, 0) is 49.6 Å². The number of rotatable bonds is 3. The van der Waals surface area contributed by atoms with Crippen LogP contribution in [0.2, 0.25) is 0 Å². The first kappa shape index (κ1) is 16.5. The summed E-state index contributed by atoms with van der Waals surface area (Å²) in [6.07, 6.45) is 0.424. The Hall–Kier alpha value is -2.35. The van der Waals surface area contributed by atoms with E-state index in [2.05, 4.69) is 15.5 Å². The smallest absolute Gasteiger partial charge is 0.269 e. The fraction of sp³-hybridized carbons (Fsp3) is 0.375. The van der Waals surface area contributed by atoms with E-state index >= 15 is 0 Å². The number of amides is 1. The van der Waals surface area contributed by atoms with Crippen LogP contribution in [-0.4, -0.2) is 47.2 Å². The molecular weight excluding hydrogens is 330 g/mol. The van der Waals surface area contributed by atoms with Crippen molar-refractivity contribution in [3.05, 3.63) is 35.0 Å². The van der Waals surface area contributed by atoms with E-state index in [1.54, 1.807) is 12.1 Å². The molecule has 1 atom stereocenters. The summed E-state index contributed by atoms with van der Waals surface area (Å²) in [6, 6.07) is 4.64. The minimum Gasteiger partial charge on any atom is -0.507 e. The number of nitrogens with one attached hydrogen (secondary N) is 2. The van der Waals surface area contributed by atoms with Crippen molar-refractivity contribution < 1.29 is 18.3 Å². The van der Waals surface area contributed by atoms with Crippen LogP contribution in [0.3, 0.4) is 0 Å². The predicted octanol–water partition coefficient (Wildman–Crippen LogP) is 1.32. The molecule has 1 amide bonds. The summed E-state index contributed by atoms with van der Waals surface area (Å²) in [4.78, 5) is 12.2. The van der Waals surface area contributed by atoms with Crippen molar-refractivity contribution in [1.82, 2.24) is 15.5 Å². The number of sulfone groups is 1. The van der Waals surface area contributed by atoms with Gasteiger partial charge in [0.15, 0.2) is 9.84 Å². The van der Waals surface area contributed by atoms with Crippen molar-refractivity contribution in [1.29, 1.82) is 0 Å². The maximum absolute atomic E-state index is 12.2. The van der Waals surface area contributed by atoms with Gasteiger partial charge in [0.25, 0.3) is 5.91 Å². The fourth-order valence-electron chi connectivity index (χ4n) is 2.75. The highest BCUT2D eigenvalue weighted by Gasteiger charge is 2.29. The molecule has 1 unspecified atom stereocenters. The summed E-state index contributed by atoms with van der Waals surface area (Å²) in [5.74, 6) is -0.238. The zero-order valence-electron chi connectivity index (χ0n) is 13.5. The lowest BCUT2D eigenvalue weighted by Gasteiger charge is -2.09. The highest BCUT2D eigenvalue weighted by molar-refractivity contribution is 7.91. The largest absolute Gasteiger partial charge is 0.507 e. The summed E-state index contributed by atoms with van der Waals surface area (Å²) in [5, 5.41) is 19.5. The number of benzene rings is 1. The lowest BCUT2D eigenvalue weighted by atomic mass is 10.0. The zero-order chi connectivity index (χ0) is 17.5. The number of aromatic nitrogens is 2. The quantitative estimate of drug-likeness (QED) is 0.773. The Morgan fingerprint density at radius 2 is 2.00 bits per heavy atom. The number of carbonyl (C=O) groups excluding carboxylic acids is 1. The van der Waals surface area contributed by atoms with Gasteiger partial charge in [-0.2, -0.15) is 5.10 Å². The molecule has 7 nitrogen and oxygen atoms in total. The molecule has 128 valence electrons. The van der Waals surface area contributed by atoms with E-state index in [1.807, 2.05) is 19.9 Å². The van der Waals surface area contributed by atoms with E-state index in [0.29, 0.717) is 17.7 Å². The zero-order valence-corrected chi connectivity index (χ0v) is 14.3. The van der Waals surface area contributed by atoms with Crippen molar-refractivity contribution in [2.45, 2.75) is 26.3 Å². The molecule has 1 aromatic heterocycles. The molecule has 0 radical (unpaired) electrons. The van der Waals surface area contributed by atoms with Gasteiger partial charge in [-0.25, -0.2) is 8.42 Å². The molecule has 1 aromatic carbocycles. The lowest BCUT2D eigenvalue weighted by Crippen LogP contribution is -2.35. The molecule has 1 aliphatic rings. The minimum absolute atomic E-state index is 0.0301. The van der Waals surface area contributed by atoms with Gasteiger partial charge in [0.2, 0.25) is 0 Å². The Bertz CT molecular complexity index is 902. The normalized spacial score (nSPS) is 19.3. The summed E-state index contributed by atoms with van der Waals surface area (Å²) in [6.45, 7) is 3.83. The van der Waals surface area contributed by atoms with E-state index < -0.39 is 15.7 Å². The number of phenolic OH excluding ortho intramolecular Hbond substituents is 1. The van der Waals surface area contributed by atoms with Crippen molar-refractivity contribution in [3.63, 3.8) is 0 Å². The third-order valence-corrected chi connectivity index (χ3v) is 6.05. The lowest BCUT2D eigenvalue weighted by molar-refractivity contribution is 0.0936. The van der Waals surface area contributed by atoms with Crippen molar-refractivity contribution >= 4 is 15.7 Å². The average Bonchev–Trinajstić information content (AvgIpc) is 3.09. The maximum Gasteiger partial charge on any atom is 0.269 e. The van der Waals surface area contributed by atoms with Crippen LogP contribution < -0.4 is 5.32 Å². The van der Waals surface area contributed by atoms with Gasteiger partial charge in [0, 0.05) is 11.6 Å². The molecule has 0 aliphatic carbocycles. The molecule has 0 spiro atoms. The Morgan fingerprint density at radius 1 is 1.29 bits per heavy atom. The first-order chi connectivity index (χ1) is 11.2. The van der Waals surface area contributed by atoms with E-state index in [1.165, 1.54) is 0 Å². The number of H-pyrrole nitrogens is 1. The van der Waals surface area contributed by atoms with Crippen LogP contribution >= 0.6 is 0 Å². The van der Waals surface area contributed by atoms with Gasteiger partial charge >= 0.3 is 0 Å². The van der Waals surface area contributed by atoms with Gasteiger partial charge in [-0.1, -0.05) is 0 Å². The maximum atomic E-state index is 12.2. The van der Waals surface area contributed by atoms with Crippen LogP contribution in [0, 0.1) is 13.8 Å². The highest BCUT2D eigenvalue weighted by Crippen LogP contribution is 2.30. The second kappa shape index (κ2) is 5.94. The van der Waals surface area contributed by atoms with E-state index in [0.717, 1.165) is 11.1 Å². The number of aryl methyl sites for hydroxylation is 2. The van der Waals surface area contributed by atoms with E-state index in [4.69, 9.17) is 0 Å². The van der Waals surface area contributed by atoms with Crippen molar-refractivity contribution in [2.24, 2.45) is 0 Å². The Morgan fingerprint density at radius 3 is 2.67 bits per heavy atom. The fourth-order valence-corrected chi connectivity index (χ4v) is 4.43. The minimum atomic E-state index is -3.05. The molecule has 8 heteroatoms. The SMILES string of the molecule is Cc1cc(O)c(-c2cc(C(=O)NC3CCS(=O)(=O)C3)[nH]n2)cc1C. The number of nitrogens with zero attached hydrogens (tertiary/aromatic N) is 1. The monoisotopic (exact) mass is 349 g/mol. The van der Waals surface area contributed by atoms with Crippen LogP contribution in [0.25, 0.3) is 11.3 Å². The Kier molecular flexibility index (Phi) is 4.08. The summed E-state index contributed by atoms with van der Waals surface area (Å²) in [5.41, 5.74) is 3.20. The van der Waals surface area contributed by atoms with Gasteiger partial charge in [-0.15, -0.1) is 0 Å². The summed E-state index contributed by atoms with van der Waals surface area (Å²) < 4.78 is 22.9. The standard InChI is InChI=1S/C16H19N3O4S/c1-9-5-12(15(20)6-10(9)2)13-7-14(19-18-13)16(21)17-11-3-4-24(22,23)8-11/h5-7,11,20H,3-4,8H2,1-2H3,(H,17,21)(H,18,19). The topological polar surface area (TPSA) is 112 Å². The molecule has 1 fully saturated rings. The second-order valence-electron chi connectivity index (χ2n) is 6.19. The van der Waals surface area contributed by atoms with Gasteiger partial charge in [0.1, 0.15) is 11.4 Å². The Balaban J connectivity index is 1.78. The number of hydrogen-bond donors (Lipinski definition) is 3. The molecule has 2 aromatic rings. The predicted molar refractivity (Wildman–Crippen MR) is 89.7 cm³/mol. The van der Waals surface area contributed by atoms with Crippen molar-refractivity contribution in [3.8, 4) is 17.0 Å². The van der Waals surface area contributed by atoms with Crippen LogP contribution in [0.15, 0.2) is 18.2 Å². The van der Waals surface area contributed by atoms with Crippen LogP contribution in [0.1, 0.15) is 28.0 Å².